The van der Waals surface area contributed by atoms with E-state index in [0.717, 1.165) is 29.3 Å². The molecule has 0 spiro atoms. The van der Waals surface area contributed by atoms with Gasteiger partial charge < -0.3 is 4.74 Å². The molecule has 0 aliphatic carbocycles. The van der Waals surface area contributed by atoms with Crippen LogP contribution < -0.4 is 4.74 Å². The molecule has 0 heterocycles. The number of hydrogen-bond donors (Lipinski definition) is 0. The predicted octanol–water partition coefficient (Wildman–Crippen LogP) is 6.03. The lowest BCUT2D eigenvalue weighted by Crippen LogP contribution is -2.10. The lowest BCUT2D eigenvalue weighted by atomic mass is 9.86. The number of halogens is 3. The molecule has 2 nitrogen and oxygen atoms in total. The van der Waals surface area contributed by atoms with E-state index in [0.29, 0.717) is 10.8 Å². The van der Waals surface area contributed by atoms with Gasteiger partial charge in [-0.05, 0) is 47.5 Å². The molecule has 0 fully saturated rings. The molecule has 0 amide bonds. The van der Waals surface area contributed by atoms with Crippen molar-refractivity contribution in [1.29, 1.82) is 0 Å². The first-order valence-electron chi connectivity index (χ1n) is 8.35. The third-order valence-corrected chi connectivity index (χ3v) is 4.62. The van der Waals surface area contributed by atoms with Crippen molar-refractivity contribution in [2.24, 2.45) is 0 Å². The molecule has 0 saturated carbocycles. The minimum absolute atomic E-state index is 0.0139. The fourth-order valence-electron chi connectivity index (χ4n) is 2.98. The maximum atomic E-state index is 13.5. The van der Waals surface area contributed by atoms with Crippen LogP contribution >= 0.6 is 11.6 Å². The second-order valence-electron chi connectivity index (χ2n) is 6.16. The highest BCUT2D eigenvalue weighted by molar-refractivity contribution is 6.30. The molecule has 3 aromatic carbocycles. The maximum Gasteiger partial charge on any atom is 0.164 e. The van der Waals surface area contributed by atoms with Crippen molar-refractivity contribution < 1.29 is 18.3 Å². The van der Waals surface area contributed by atoms with Crippen LogP contribution in [0.1, 0.15) is 33.8 Å². The van der Waals surface area contributed by atoms with Crippen molar-refractivity contribution in [2.45, 2.75) is 12.3 Å². The second-order valence-corrected chi connectivity index (χ2v) is 6.60. The van der Waals surface area contributed by atoms with Crippen molar-refractivity contribution in [3.8, 4) is 5.75 Å². The molecule has 3 rings (SSSR count). The zero-order valence-corrected chi connectivity index (χ0v) is 15.3. The SMILES string of the molecule is COc1ccc(C(CC(=O)c2cc(F)cc(F)c2)c2ccc(Cl)cc2)cc1. The van der Waals surface area contributed by atoms with E-state index in [4.69, 9.17) is 16.3 Å². The van der Waals surface area contributed by atoms with E-state index in [2.05, 4.69) is 0 Å². The monoisotopic (exact) mass is 386 g/mol. The van der Waals surface area contributed by atoms with Gasteiger partial charge in [0.2, 0.25) is 0 Å². The number of benzene rings is 3. The molecule has 0 aliphatic heterocycles. The Labute approximate surface area is 161 Å². The van der Waals surface area contributed by atoms with E-state index in [1.807, 2.05) is 36.4 Å². The van der Waals surface area contributed by atoms with Gasteiger partial charge in [0.15, 0.2) is 5.78 Å². The van der Waals surface area contributed by atoms with E-state index in [-0.39, 0.29) is 23.7 Å². The Balaban J connectivity index is 1.95. The van der Waals surface area contributed by atoms with Crippen LogP contribution in [0.2, 0.25) is 5.02 Å². The van der Waals surface area contributed by atoms with Crippen LogP contribution in [0.3, 0.4) is 0 Å². The Morgan fingerprint density at radius 1 is 0.926 bits per heavy atom. The normalized spacial score (nSPS) is 11.9. The van der Waals surface area contributed by atoms with Crippen LogP contribution in [0.4, 0.5) is 8.78 Å². The Morgan fingerprint density at radius 3 is 1.96 bits per heavy atom. The number of rotatable bonds is 6. The van der Waals surface area contributed by atoms with Crippen LogP contribution in [0.25, 0.3) is 0 Å². The molecule has 3 aromatic rings. The minimum atomic E-state index is -0.772. The van der Waals surface area contributed by atoms with Gasteiger partial charge in [0.25, 0.3) is 0 Å². The Hall–Kier alpha value is -2.72. The molecule has 0 saturated heterocycles. The summed E-state index contributed by atoms with van der Waals surface area (Å²) in [5.41, 5.74) is 1.79. The van der Waals surface area contributed by atoms with Crippen LogP contribution in [0, 0.1) is 11.6 Å². The molecule has 138 valence electrons. The summed E-state index contributed by atoms with van der Waals surface area (Å²) in [6, 6.07) is 17.4. The Morgan fingerprint density at radius 2 is 1.44 bits per heavy atom. The molecular weight excluding hydrogens is 370 g/mol. The third-order valence-electron chi connectivity index (χ3n) is 4.36. The van der Waals surface area contributed by atoms with E-state index in [1.165, 1.54) is 0 Å². The van der Waals surface area contributed by atoms with Crippen molar-refractivity contribution in [3.05, 3.63) is 100 Å². The lowest BCUT2D eigenvalue weighted by Gasteiger charge is -2.18. The Kier molecular flexibility index (Phi) is 5.87. The van der Waals surface area contributed by atoms with Gasteiger partial charge >= 0.3 is 0 Å². The number of hydrogen-bond acceptors (Lipinski definition) is 2. The molecule has 1 atom stereocenters. The van der Waals surface area contributed by atoms with Crippen LogP contribution in [0.5, 0.6) is 5.75 Å². The van der Waals surface area contributed by atoms with Gasteiger partial charge in [0, 0.05) is 29.0 Å². The van der Waals surface area contributed by atoms with E-state index in [9.17, 15) is 13.6 Å². The van der Waals surface area contributed by atoms with Crippen molar-refractivity contribution in [1.82, 2.24) is 0 Å². The smallest absolute Gasteiger partial charge is 0.164 e. The minimum Gasteiger partial charge on any atom is -0.497 e. The summed E-state index contributed by atoms with van der Waals surface area (Å²) in [5.74, 6) is -1.47. The average molecular weight is 387 g/mol. The van der Waals surface area contributed by atoms with E-state index < -0.39 is 11.6 Å². The van der Waals surface area contributed by atoms with Crippen LogP contribution in [-0.4, -0.2) is 12.9 Å². The summed E-state index contributed by atoms with van der Waals surface area (Å²) in [6.07, 6.45) is 0.0663. The van der Waals surface area contributed by atoms with E-state index >= 15 is 0 Å². The quantitative estimate of drug-likeness (QED) is 0.483. The zero-order chi connectivity index (χ0) is 19.4. The van der Waals surface area contributed by atoms with Gasteiger partial charge in [-0.3, -0.25) is 4.79 Å². The molecule has 0 bridgehead atoms. The number of ether oxygens (including phenoxy) is 1. The summed E-state index contributed by atoms with van der Waals surface area (Å²) in [7, 11) is 1.58. The number of carbonyl (C=O) groups excluding carboxylic acids is 1. The standard InChI is InChI=1S/C22H17ClF2O2/c1-27-20-8-4-15(5-9-20)21(14-2-6-17(23)7-3-14)13-22(26)16-10-18(24)12-19(25)11-16/h2-12,21H,13H2,1H3. The highest BCUT2D eigenvalue weighted by Crippen LogP contribution is 2.31. The lowest BCUT2D eigenvalue weighted by molar-refractivity contribution is 0.0976. The molecule has 0 radical (unpaired) electrons. The largest absolute Gasteiger partial charge is 0.497 e. The summed E-state index contributed by atoms with van der Waals surface area (Å²) in [5, 5.41) is 0.589. The average Bonchev–Trinajstić information content (AvgIpc) is 2.66. The molecule has 27 heavy (non-hydrogen) atoms. The summed E-state index contributed by atoms with van der Waals surface area (Å²) >= 11 is 5.97. The first-order chi connectivity index (χ1) is 13.0. The number of ketones is 1. The topological polar surface area (TPSA) is 26.3 Å². The zero-order valence-electron chi connectivity index (χ0n) is 14.6. The number of Topliss-reactive ketones (excluding diaryl/α,β-unsaturated/α-hetero) is 1. The predicted molar refractivity (Wildman–Crippen MR) is 102 cm³/mol. The van der Waals surface area contributed by atoms with Gasteiger partial charge in [-0.15, -0.1) is 0 Å². The summed E-state index contributed by atoms with van der Waals surface area (Å²) < 4.78 is 32.1. The molecule has 0 aliphatic rings. The van der Waals surface area contributed by atoms with Gasteiger partial charge in [-0.25, -0.2) is 8.78 Å². The van der Waals surface area contributed by atoms with Gasteiger partial charge in [0.1, 0.15) is 17.4 Å². The maximum absolute atomic E-state index is 13.5. The highest BCUT2D eigenvalue weighted by Gasteiger charge is 2.20. The van der Waals surface area contributed by atoms with Crippen molar-refractivity contribution in [3.63, 3.8) is 0 Å². The second kappa shape index (κ2) is 8.31. The van der Waals surface area contributed by atoms with Gasteiger partial charge in [0.05, 0.1) is 7.11 Å². The first kappa shape index (κ1) is 19.1. The molecular formula is C22H17ClF2O2. The highest BCUT2D eigenvalue weighted by atomic mass is 35.5. The third kappa shape index (κ3) is 4.72. The molecule has 0 N–H and O–H groups in total. The Bertz CT molecular complexity index is 917. The van der Waals surface area contributed by atoms with E-state index in [1.54, 1.807) is 19.2 Å². The molecule has 0 aromatic heterocycles. The van der Waals surface area contributed by atoms with Crippen molar-refractivity contribution >= 4 is 17.4 Å². The fraction of sp³-hybridized carbons (Fsp3) is 0.136. The summed E-state index contributed by atoms with van der Waals surface area (Å²) in [4.78, 5) is 12.7. The van der Waals surface area contributed by atoms with Gasteiger partial charge in [-0.1, -0.05) is 35.9 Å². The number of carbonyl (C=O) groups is 1. The van der Waals surface area contributed by atoms with Crippen molar-refractivity contribution in [2.75, 3.05) is 7.11 Å². The summed E-state index contributed by atoms with van der Waals surface area (Å²) in [6.45, 7) is 0. The molecule has 1 unspecified atom stereocenters. The fourth-order valence-corrected chi connectivity index (χ4v) is 3.10. The first-order valence-corrected chi connectivity index (χ1v) is 8.73. The number of methoxy groups -OCH3 is 1. The van der Waals surface area contributed by atoms with Gasteiger partial charge in [-0.2, -0.15) is 0 Å². The van der Waals surface area contributed by atoms with Crippen LogP contribution in [0.15, 0.2) is 66.7 Å². The van der Waals surface area contributed by atoms with Crippen LogP contribution in [-0.2, 0) is 0 Å². The molecule has 5 heteroatoms.